The lowest BCUT2D eigenvalue weighted by Crippen LogP contribution is -2.28. The zero-order valence-electron chi connectivity index (χ0n) is 10.6. The third-order valence-electron chi connectivity index (χ3n) is 2.44. The summed E-state index contributed by atoms with van der Waals surface area (Å²) in [5, 5.41) is 0.0237. The van der Waals surface area contributed by atoms with E-state index in [0.717, 1.165) is 18.8 Å². The first-order chi connectivity index (χ1) is 8.15. The molecule has 0 saturated carbocycles. The second kappa shape index (κ2) is 7.54. The average molecular weight is 258 g/mol. The molecule has 0 amide bonds. The molecule has 0 radical (unpaired) electrons. The molecule has 1 atom stereocenters. The van der Waals surface area contributed by atoms with Gasteiger partial charge in [-0.1, -0.05) is 12.1 Å². The highest BCUT2D eigenvalue weighted by molar-refractivity contribution is 6.20. The molecule has 3 nitrogen and oxygen atoms in total. The number of nitrogens with zero attached hydrogens (tertiary/aromatic N) is 1. The molecule has 96 valence electrons. The zero-order valence-corrected chi connectivity index (χ0v) is 11.4. The summed E-state index contributed by atoms with van der Waals surface area (Å²) in [6.45, 7) is 2.22. The van der Waals surface area contributed by atoms with E-state index in [1.54, 1.807) is 14.2 Å². The van der Waals surface area contributed by atoms with Crippen molar-refractivity contribution in [3.05, 3.63) is 29.8 Å². The molecule has 0 aliphatic heterocycles. The quantitative estimate of drug-likeness (QED) is 0.700. The fourth-order valence-electron chi connectivity index (χ4n) is 1.72. The number of methoxy groups -OCH3 is 2. The number of hydrogen-bond donors (Lipinski definition) is 0. The van der Waals surface area contributed by atoms with Gasteiger partial charge in [0.2, 0.25) is 0 Å². The SMILES string of the molecule is COCC(Cl)CN(C)Cc1cccc(OC)c1. The molecule has 1 rings (SSSR count). The van der Waals surface area contributed by atoms with Crippen LogP contribution in [0, 0.1) is 0 Å². The van der Waals surface area contributed by atoms with E-state index in [1.807, 2.05) is 25.2 Å². The maximum absolute atomic E-state index is 6.11. The first-order valence-corrected chi connectivity index (χ1v) is 6.04. The lowest BCUT2D eigenvalue weighted by atomic mass is 10.2. The molecule has 17 heavy (non-hydrogen) atoms. The first kappa shape index (κ1) is 14.3. The lowest BCUT2D eigenvalue weighted by Gasteiger charge is -2.19. The number of rotatable bonds is 7. The molecule has 1 aromatic rings. The van der Waals surface area contributed by atoms with E-state index >= 15 is 0 Å². The zero-order chi connectivity index (χ0) is 12.7. The molecule has 0 heterocycles. The van der Waals surface area contributed by atoms with Crippen molar-refractivity contribution in [3.8, 4) is 5.75 Å². The molecule has 1 unspecified atom stereocenters. The van der Waals surface area contributed by atoms with E-state index in [-0.39, 0.29) is 5.38 Å². The number of hydrogen-bond acceptors (Lipinski definition) is 3. The van der Waals surface area contributed by atoms with Crippen molar-refractivity contribution in [1.82, 2.24) is 4.90 Å². The Bertz CT molecular complexity index is 333. The van der Waals surface area contributed by atoms with Crippen molar-refractivity contribution in [1.29, 1.82) is 0 Å². The Kier molecular flexibility index (Phi) is 6.34. The van der Waals surface area contributed by atoms with Gasteiger partial charge in [0.05, 0.1) is 19.1 Å². The fraction of sp³-hybridized carbons (Fsp3) is 0.538. The Balaban J connectivity index is 2.46. The summed E-state index contributed by atoms with van der Waals surface area (Å²) in [5.41, 5.74) is 1.22. The van der Waals surface area contributed by atoms with Gasteiger partial charge in [-0.15, -0.1) is 11.6 Å². The molecular formula is C13H20ClNO2. The average Bonchev–Trinajstić information content (AvgIpc) is 2.29. The number of alkyl halides is 1. The number of halogens is 1. The minimum Gasteiger partial charge on any atom is -0.497 e. The summed E-state index contributed by atoms with van der Waals surface area (Å²) in [4.78, 5) is 2.17. The highest BCUT2D eigenvalue weighted by Gasteiger charge is 2.08. The lowest BCUT2D eigenvalue weighted by molar-refractivity contribution is 0.181. The Morgan fingerprint density at radius 3 is 2.76 bits per heavy atom. The van der Waals surface area contributed by atoms with Gasteiger partial charge >= 0.3 is 0 Å². The van der Waals surface area contributed by atoms with E-state index in [0.29, 0.717) is 6.61 Å². The van der Waals surface area contributed by atoms with Crippen molar-refractivity contribution in [2.24, 2.45) is 0 Å². The molecule has 0 N–H and O–H groups in total. The van der Waals surface area contributed by atoms with Crippen LogP contribution in [-0.2, 0) is 11.3 Å². The minimum absolute atomic E-state index is 0.0237. The van der Waals surface area contributed by atoms with Gasteiger partial charge in [0, 0.05) is 20.2 Å². The monoisotopic (exact) mass is 257 g/mol. The molecule has 4 heteroatoms. The van der Waals surface area contributed by atoms with Crippen LogP contribution in [0.1, 0.15) is 5.56 Å². The largest absolute Gasteiger partial charge is 0.497 e. The van der Waals surface area contributed by atoms with E-state index in [4.69, 9.17) is 21.1 Å². The molecular weight excluding hydrogens is 238 g/mol. The van der Waals surface area contributed by atoms with Crippen LogP contribution in [0.5, 0.6) is 5.75 Å². The fourth-order valence-corrected chi connectivity index (χ4v) is 2.08. The maximum atomic E-state index is 6.11. The van der Waals surface area contributed by atoms with E-state index in [2.05, 4.69) is 11.0 Å². The van der Waals surface area contributed by atoms with Crippen LogP contribution in [0.25, 0.3) is 0 Å². The highest BCUT2D eigenvalue weighted by Crippen LogP contribution is 2.14. The predicted molar refractivity (Wildman–Crippen MR) is 70.8 cm³/mol. The third kappa shape index (κ3) is 5.39. The van der Waals surface area contributed by atoms with Crippen LogP contribution in [0.15, 0.2) is 24.3 Å². The Morgan fingerprint density at radius 2 is 2.12 bits per heavy atom. The molecule has 0 aromatic heterocycles. The van der Waals surface area contributed by atoms with Gasteiger partial charge in [0.15, 0.2) is 0 Å². The van der Waals surface area contributed by atoms with Gasteiger partial charge in [-0.3, -0.25) is 0 Å². The summed E-state index contributed by atoms with van der Waals surface area (Å²) in [5.74, 6) is 0.884. The van der Waals surface area contributed by atoms with Gasteiger partial charge in [0.25, 0.3) is 0 Å². The van der Waals surface area contributed by atoms with Crippen LogP contribution in [0.3, 0.4) is 0 Å². The summed E-state index contributed by atoms with van der Waals surface area (Å²) >= 11 is 6.11. The highest BCUT2D eigenvalue weighted by atomic mass is 35.5. The maximum Gasteiger partial charge on any atom is 0.119 e. The molecule has 0 bridgehead atoms. The van der Waals surface area contributed by atoms with Crippen LogP contribution >= 0.6 is 11.6 Å². The normalized spacial score (nSPS) is 12.8. The smallest absolute Gasteiger partial charge is 0.119 e. The standard InChI is InChI=1S/C13H20ClNO2/c1-15(9-12(14)10-16-2)8-11-5-4-6-13(7-11)17-3/h4-7,12H,8-10H2,1-3H3. The second-order valence-electron chi connectivity index (χ2n) is 4.10. The van der Waals surface area contributed by atoms with Crippen molar-refractivity contribution >= 4 is 11.6 Å². The number of ether oxygens (including phenoxy) is 2. The molecule has 0 fully saturated rings. The Morgan fingerprint density at radius 1 is 1.35 bits per heavy atom. The van der Waals surface area contributed by atoms with E-state index < -0.39 is 0 Å². The van der Waals surface area contributed by atoms with Crippen LogP contribution in [0.2, 0.25) is 0 Å². The van der Waals surface area contributed by atoms with Crippen molar-refractivity contribution in [3.63, 3.8) is 0 Å². The van der Waals surface area contributed by atoms with Crippen LogP contribution in [0.4, 0.5) is 0 Å². The van der Waals surface area contributed by atoms with E-state index in [9.17, 15) is 0 Å². The Hall–Kier alpha value is -0.770. The van der Waals surface area contributed by atoms with Crippen LogP contribution < -0.4 is 4.74 Å². The summed E-state index contributed by atoms with van der Waals surface area (Å²) in [6, 6.07) is 8.06. The summed E-state index contributed by atoms with van der Waals surface area (Å²) in [6.07, 6.45) is 0. The molecule has 0 spiro atoms. The summed E-state index contributed by atoms with van der Waals surface area (Å²) in [7, 11) is 5.39. The summed E-state index contributed by atoms with van der Waals surface area (Å²) < 4.78 is 10.2. The van der Waals surface area contributed by atoms with Crippen molar-refractivity contribution < 1.29 is 9.47 Å². The van der Waals surface area contributed by atoms with E-state index in [1.165, 1.54) is 5.56 Å². The van der Waals surface area contributed by atoms with Gasteiger partial charge in [-0.2, -0.15) is 0 Å². The number of benzene rings is 1. The molecule has 1 aromatic carbocycles. The molecule has 0 saturated heterocycles. The van der Waals surface area contributed by atoms with Gasteiger partial charge in [-0.25, -0.2) is 0 Å². The minimum atomic E-state index is 0.0237. The third-order valence-corrected chi connectivity index (χ3v) is 2.71. The second-order valence-corrected chi connectivity index (χ2v) is 4.72. The van der Waals surface area contributed by atoms with Crippen molar-refractivity contribution in [2.75, 3.05) is 34.4 Å². The predicted octanol–water partition coefficient (Wildman–Crippen LogP) is 2.38. The van der Waals surface area contributed by atoms with Crippen LogP contribution in [-0.4, -0.2) is 44.7 Å². The van der Waals surface area contributed by atoms with Gasteiger partial charge in [0.1, 0.15) is 5.75 Å². The Labute approximate surface area is 108 Å². The van der Waals surface area contributed by atoms with Gasteiger partial charge < -0.3 is 14.4 Å². The van der Waals surface area contributed by atoms with Gasteiger partial charge in [-0.05, 0) is 24.7 Å². The topological polar surface area (TPSA) is 21.7 Å². The molecule has 0 aliphatic rings. The molecule has 0 aliphatic carbocycles. The first-order valence-electron chi connectivity index (χ1n) is 5.60. The van der Waals surface area contributed by atoms with Crippen molar-refractivity contribution in [2.45, 2.75) is 11.9 Å².